The maximum atomic E-state index is 12.1. The molecule has 2 rings (SSSR count). The molecular formula is C16H16N2O4S. The molecular weight excluding hydrogens is 316 g/mol. The van der Waals surface area contributed by atoms with Gasteiger partial charge in [-0.1, -0.05) is 17.7 Å². The summed E-state index contributed by atoms with van der Waals surface area (Å²) in [5.41, 5.74) is 3.93. The molecule has 0 saturated carbocycles. The zero-order chi connectivity index (χ0) is 16.9. The van der Waals surface area contributed by atoms with E-state index < -0.39 is 10.1 Å². The zero-order valence-electron chi connectivity index (χ0n) is 12.7. The van der Waals surface area contributed by atoms with Crippen molar-refractivity contribution in [2.24, 2.45) is 5.10 Å². The molecule has 0 aliphatic heterocycles. The van der Waals surface area contributed by atoms with Crippen molar-refractivity contribution in [1.82, 2.24) is 5.43 Å². The van der Waals surface area contributed by atoms with E-state index in [0.29, 0.717) is 5.56 Å². The highest BCUT2D eigenvalue weighted by molar-refractivity contribution is 7.87. The predicted molar refractivity (Wildman–Crippen MR) is 86.8 cm³/mol. The fraction of sp³-hybridized carbons (Fsp3) is 0.125. The molecule has 0 atom stereocenters. The average molecular weight is 332 g/mol. The zero-order valence-corrected chi connectivity index (χ0v) is 13.5. The van der Waals surface area contributed by atoms with Crippen molar-refractivity contribution in [3.05, 3.63) is 59.7 Å². The minimum Gasteiger partial charge on any atom is -0.379 e. The number of benzene rings is 2. The highest BCUT2D eigenvalue weighted by Crippen LogP contribution is 2.19. The minimum absolute atomic E-state index is 0.0967. The third kappa shape index (κ3) is 4.93. The summed E-state index contributed by atoms with van der Waals surface area (Å²) in [5, 5.41) is 3.72. The number of hydrazone groups is 1. The van der Waals surface area contributed by atoms with Gasteiger partial charge in [-0.25, -0.2) is 5.43 Å². The Bertz CT molecular complexity index is 810. The van der Waals surface area contributed by atoms with Crippen molar-refractivity contribution >= 4 is 22.2 Å². The summed E-state index contributed by atoms with van der Waals surface area (Å²) in [6.45, 7) is 3.22. The number of amides is 1. The Labute approximate surface area is 134 Å². The summed E-state index contributed by atoms with van der Waals surface area (Å²) in [7, 11) is -3.86. The van der Waals surface area contributed by atoms with Gasteiger partial charge in [0.1, 0.15) is 10.6 Å². The molecule has 0 spiro atoms. The van der Waals surface area contributed by atoms with Gasteiger partial charge in [0, 0.05) is 6.92 Å². The smallest absolute Gasteiger partial charge is 0.339 e. The van der Waals surface area contributed by atoms with Crippen LogP contribution in [0.5, 0.6) is 5.75 Å². The topological polar surface area (TPSA) is 84.8 Å². The van der Waals surface area contributed by atoms with E-state index in [1.807, 2.05) is 6.92 Å². The third-order valence-electron chi connectivity index (χ3n) is 2.83. The Balaban J connectivity index is 2.09. The average Bonchev–Trinajstić information content (AvgIpc) is 2.49. The number of aryl methyl sites for hydroxylation is 1. The van der Waals surface area contributed by atoms with Gasteiger partial charge in [0.25, 0.3) is 0 Å². The van der Waals surface area contributed by atoms with Crippen LogP contribution in [0.2, 0.25) is 0 Å². The molecule has 0 heterocycles. The fourth-order valence-electron chi connectivity index (χ4n) is 1.69. The van der Waals surface area contributed by atoms with Gasteiger partial charge in [-0.15, -0.1) is 0 Å². The number of hydrogen-bond donors (Lipinski definition) is 1. The molecule has 0 saturated heterocycles. The number of nitrogens with one attached hydrogen (secondary N) is 1. The lowest BCUT2D eigenvalue weighted by Crippen LogP contribution is -2.12. The van der Waals surface area contributed by atoms with Crippen LogP contribution >= 0.6 is 0 Å². The van der Waals surface area contributed by atoms with Crippen LogP contribution in [0.1, 0.15) is 18.1 Å². The van der Waals surface area contributed by atoms with Gasteiger partial charge in [-0.2, -0.15) is 13.5 Å². The van der Waals surface area contributed by atoms with Crippen LogP contribution in [0.15, 0.2) is 58.5 Å². The van der Waals surface area contributed by atoms with E-state index in [9.17, 15) is 13.2 Å². The Morgan fingerprint density at radius 2 is 1.70 bits per heavy atom. The van der Waals surface area contributed by atoms with Crippen LogP contribution in [0.4, 0.5) is 0 Å². The molecule has 2 aromatic carbocycles. The predicted octanol–water partition coefficient (Wildman–Crippen LogP) is 2.23. The van der Waals surface area contributed by atoms with E-state index in [1.165, 1.54) is 37.4 Å². The van der Waals surface area contributed by atoms with E-state index in [0.717, 1.165) is 5.56 Å². The van der Waals surface area contributed by atoms with Crippen LogP contribution in [0.25, 0.3) is 0 Å². The van der Waals surface area contributed by atoms with Crippen molar-refractivity contribution < 1.29 is 17.4 Å². The van der Waals surface area contributed by atoms with Crippen LogP contribution in [-0.2, 0) is 14.9 Å². The molecule has 0 radical (unpaired) electrons. The van der Waals surface area contributed by atoms with Crippen molar-refractivity contribution in [3.63, 3.8) is 0 Å². The SMILES string of the molecule is CC(=O)N/N=C\c1ccc(OS(=O)(=O)c2ccc(C)cc2)cc1. The lowest BCUT2D eigenvalue weighted by molar-refractivity contribution is -0.118. The monoisotopic (exact) mass is 332 g/mol. The van der Waals surface area contributed by atoms with Crippen molar-refractivity contribution in [1.29, 1.82) is 0 Å². The first-order chi connectivity index (χ1) is 10.9. The summed E-state index contributed by atoms with van der Waals surface area (Å²) < 4.78 is 29.4. The first-order valence-electron chi connectivity index (χ1n) is 6.78. The maximum absolute atomic E-state index is 12.1. The van der Waals surface area contributed by atoms with Crippen molar-refractivity contribution in [2.45, 2.75) is 18.7 Å². The van der Waals surface area contributed by atoms with E-state index in [-0.39, 0.29) is 16.6 Å². The molecule has 23 heavy (non-hydrogen) atoms. The summed E-state index contributed by atoms with van der Waals surface area (Å²) in [6.07, 6.45) is 1.44. The van der Waals surface area contributed by atoms with Gasteiger partial charge in [-0.3, -0.25) is 4.79 Å². The normalized spacial score (nSPS) is 11.4. The molecule has 0 aromatic heterocycles. The molecule has 6 nitrogen and oxygen atoms in total. The molecule has 0 aliphatic rings. The van der Waals surface area contributed by atoms with E-state index in [1.54, 1.807) is 24.3 Å². The van der Waals surface area contributed by atoms with Crippen LogP contribution in [0, 0.1) is 6.92 Å². The van der Waals surface area contributed by atoms with Gasteiger partial charge < -0.3 is 4.18 Å². The van der Waals surface area contributed by atoms with Crippen LogP contribution in [0.3, 0.4) is 0 Å². The highest BCUT2D eigenvalue weighted by Gasteiger charge is 2.16. The van der Waals surface area contributed by atoms with Gasteiger partial charge >= 0.3 is 10.1 Å². The first-order valence-corrected chi connectivity index (χ1v) is 8.18. The Morgan fingerprint density at radius 1 is 1.09 bits per heavy atom. The second-order valence-electron chi connectivity index (χ2n) is 4.85. The second kappa shape index (κ2) is 7.06. The molecule has 1 N–H and O–H groups in total. The van der Waals surface area contributed by atoms with Gasteiger partial charge in [0.15, 0.2) is 0 Å². The summed E-state index contributed by atoms with van der Waals surface area (Å²) >= 11 is 0. The quantitative estimate of drug-likeness (QED) is 0.517. The van der Waals surface area contributed by atoms with E-state index >= 15 is 0 Å². The lowest BCUT2D eigenvalue weighted by Gasteiger charge is -2.07. The van der Waals surface area contributed by atoms with Crippen LogP contribution < -0.4 is 9.61 Å². The molecule has 0 fully saturated rings. The molecule has 7 heteroatoms. The summed E-state index contributed by atoms with van der Waals surface area (Å²) in [6, 6.07) is 12.7. The first kappa shape index (κ1) is 16.7. The number of hydrogen-bond acceptors (Lipinski definition) is 5. The van der Waals surface area contributed by atoms with Gasteiger partial charge in [0.05, 0.1) is 6.21 Å². The number of carbonyl (C=O) groups excluding carboxylic acids is 1. The summed E-state index contributed by atoms with van der Waals surface area (Å²) in [5.74, 6) is -0.0763. The van der Waals surface area contributed by atoms with Crippen molar-refractivity contribution in [3.8, 4) is 5.75 Å². The Morgan fingerprint density at radius 3 is 2.26 bits per heavy atom. The van der Waals surface area contributed by atoms with E-state index in [2.05, 4.69) is 10.5 Å². The standard InChI is InChI=1S/C16H16N2O4S/c1-12-3-9-16(10-4-12)23(20,21)22-15-7-5-14(6-8-15)11-17-18-13(2)19/h3-11H,1-2H3,(H,18,19)/b17-11-. The van der Waals surface area contributed by atoms with Crippen LogP contribution in [-0.4, -0.2) is 20.5 Å². The molecule has 2 aromatic rings. The fourth-order valence-corrected chi connectivity index (χ4v) is 2.62. The Hall–Kier alpha value is -2.67. The van der Waals surface area contributed by atoms with Crippen molar-refractivity contribution in [2.75, 3.05) is 0 Å². The van der Waals surface area contributed by atoms with E-state index in [4.69, 9.17) is 4.18 Å². The number of carbonyl (C=O) groups is 1. The van der Waals surface area contributed by atoms with Gasteiger partial charge in [0.2, 0.25) is 5.91 Å². The number of rotatable bonds is 5. The largest absolute Gasteiger partial charge is 0.379 e. The Kier molecular flexibility index (Phi) is 5.13. The number of nitrogens with zero attached hydrogens (tertiary/aromatic N) is 1. The molecule has 0 aliphatic carbocycles. The second-order valence-corrected chi connectivity index (χ2v) is 6.39. The lowest BCUT2D eigenvalue weighted by atomic mass is 10.2. The third-order valence-corrected chi connectivity index (χ3v) is 4.09. The minimum atomic E-state index is -3.86. The van der Waals surface area contributed by atoms with Gasteiger partial charge in [-0.05, 0) is 48.9 Å². The molecule has 1 amide bonds. The summed E-state index contributed by atoms with van der Waals surface area (Å²) in [4.78, 5) is 10.8. The molecule has 120 valence electrons. The molecule has 0 unspecified atom stereocenters. The molecule has 0 bridgehead atoms. The highest BCUT2D eigenvalue weighted by atomic mass is 32.2. The maximum Gasteiger partial charge on any atom is 0.339 e.